The van der Waals surface area contributed by atoms with Crippen LogP contribution in [0.2, 0.25) is 0 Å². The number of esters is 1. The van der Waals surface area contributed by atoms with Gasteiger partial charge in [0.15, 0.2) is 11.9 Å². The van der Waals surface area contributed by atoms with Crippen molar-refractivity contribution in [1.82, 2.24) is 25.2 Å². The lowest BCUT2D eigenvalue weighted by atomic mass is 9.87. The number of carboxylic acid groups (broad SMARTS) is 1. The van der Waals surface area contributed by atoms with Gasteiger partial charge in [-0.3, -0.25) is 33.7 Å². The number of carbonyl (C=O) groups is 7. The molecule has 30 nitrogen and oxygen atoms in total. The van der Waals surface area contributed by atoms with Crippen molar-refractivity contribution in [1.29, 1.82) is 0 Å². The van der Waals surface area contributed by atoms with Crippen molar-refractivity contribution in [3.05, 3.63) is 58.9 Å². The zero-order chi connectivity index (χ0) is 68.7. The van der Waals surface area contributed by atoms with Gasteiger partial charge in [-0.05, 0) is 63.1 Å². The fraction of sp³-hybridized carbons (Fsp3) is 0.734. The van der Waals surface area contributed by atoms with Gasteiger partial charge < -0.3 is 92.1 Å². The highest BCUT2D eigenvalue weighted by Crippen LogP contribution is 2.30. The lowest BCUT2D eigenvalue weighted by Crippen LogP contribution is -2.59. The number of aliphatic carboxylic acids is 1. The highest BCUT2D eigenvalue weighted by molar-refractivity contribution is 6.13. The van der Waals surface area contributed by atoms with Gasteiger partial charge in [-0.1, -0.05) is 37.3 Å². The number of imide groups is 1. The third-order valence-electron chi connectivity index (χ3n) is 14.8. The fourth-order valence-corrected chi connectivity index (χ4v) is 9.37. The topological polar surface area (TPSA) is 376 Å². The molecule has 532 valence electrons. The molecule has 3 amide bonds. The smallest absolute Gasteiger partial charge is 0.335 e. The lowest BCUT2D eigenvalue weighted by Gasteiger charge is -2.39. The maximum atomic E-state index is 13.9. The molecule has 1 saturated heterocycles. The van der Waals surface area contributed by atoms with E-state index in [1.165, 1.54) is 17.8 Å². The number of amides is 3. The summed E-state index contributed by atoms with van der Waals surface area (Å²) in [5.41, 5.74) is 0.983. The monoisotopic (exact) mass is 1340 g/mol. The third kappa shape index (κ3) is 31.0. The number of carboxylic acids is 1. The molecule has 2 aliphatic rings. The first-order valence-electron chi connectivity index (χ1n) is 32.0. The summed E-state index contributed by atoms with van der Waals surface area (Å²) in [7, 11) is 1.63. The number of aryl methyl sites for hydroxylation is 1. The zero-order valence-corrected chi connectivity index (χ0v) is 55.5. The summed E-state index contributed by atoms with van der Waals surface area (Å²) in [6, 6.07) is 2.84. The van der Waals surface area contributed by atoms with Gasteiger partial charge in [0.05, 0.1) is 188 Å². The molecule has 2 aromatic rings. The largest absolute Gasteiger partial charge is 0.479 e. The van der Waals surface area contributed by atoms with E-state index >= 15 is 0 Å². The number of nitrogens with one attached hydrogen (secondary N) is 1. The Kier molecular flexibility index (Phi) is 39.3. The summed E-state index contributed by atoms with van der Waals surface area (Å²) in [4.78, 5) is 92.9. The molecule has 94 heavy (non-hydrogen) atoms. The molecule has 0 radical (unpaired) electrons. The van der Waals surface area contributed by atoms with Gasteiger partial charge in [-0.25, -0.2) is 9.48 Å². The summed E-state index contributed by atoms with van der Waals surface area (Å²) in [5, 5.41) is 51.9. The second-order valence-corrected chi connectivity index (χ2v) is 23.6. The number of Topliss-reactive ketones (excluding diaryl/α,β-unsaturated/α-hetero) is 2. The van der Waals surface area contributed by atoms with Crippen LogP contribution in [-0.2, 0) is 126 Å². The van der Waals surface area contributed by atoms with E-state index in [9.17, 15) is 54.0 Å². The summed E-state index contributed by atoms with van der Waals surface area (Å²) < 4.78 is 78.0. The summed E-state index contributed by atoms with van der Waals surface area (Å²) >= 11 is 0. The minimum atomic E-state index is -1.87. The van der Waals surface area contributed by atoms with E-state index in [4.69, 9.17) is 66.3 Å². The van der Waals surface area contributed by atoms with Crippen LogP contribution in [0.3, 0.4) is 0 Å². The number of ketones is 2. The molecule has 0 aliphatic carbocycles. The van der Waals surface area contributed by atoms with Crippen molar-refractivity contribution < 1.29 is 120 Å². The first-order chi connectivity index (χ1) is 45.1. The minimum absolute atomic E-state index is 0.0257. The molecular weight excluding hydrogens is 1240 g/mol. The highest BCUT2D eigenvalue weighted by Gasteiger charge is 2.46. The number of benzene rings is 1. The van der Waals surface area contributed by atoms with Gasteiger partial charge in [0, 0.05) is 44.4 Å². The van der Waals surface area contributed by atoms with Crippen molar-refractivity contribution in [2.75, 3.05) is 159 Å². The first-order valence-corrected chi connectivity index (χ1v) is 32.0. The van der Waals surface area contributed by atoms with E-state index in [0.29, 0.717) is 155 Å². The molecule has 1 fully saturated rings. The van der Waals surface area contributed by atoms with Gasteiger partial charge >= 0.3 is 11.9 Å². The third-order valence-corrected chi connectivity index (χ3v) is 14.8. The molecule has 1 aromatic heterocycles. The molecule has 0 saturated carbocycles. The van der Waals surface area contributed by atoms with Gasteiger partial charge in [0.25, 0.3) is 11.8 Å². The average Bonchev–Trinajstić information content (AvgIpc) is 1.43. The first kappa shape index (κ1) is 80.8. The van der Waals surface area contributed by atoms with Crippen LogP contribution in [0.1, 0.15) is 89.2 Å². The fourth-order valence-electron chi connectivity index (χ4n) is 9.37. The second kappa shape index (κ2) is 45.7. The Hall–Kier alpha value is -5.65. The number of aliphatic hydroxyl groups is 3. The van der Waals surface area contributed by atoms with E-state index in [0.717, 1.165) is 17.1 Å². The maximum Gasteiger partial charge on any atom is 0.335 e. The lowest BCUT2D eigenvalue weighted by molar-refractivity contribution is -0.228. The van der Waals surface area contributed by atoms with E-state index in [1.807, 2.05) is 0 Å². The van der Waals surface area contributed by atoms with Gasteiger partial charge in [-0.2, -0.15) is 0 Å². The van der Waals surface area contributed by atoms with Crippen LogP contribution in [0.5, 0.6) is 0 Å². The van der Waals surface area contributed by atoms with Gasteiger partial charge in [0.1, 0.15) is 36.4 Å². The molecule has 1 unspecified atom stereocenters. The molecule has 4 rings (SSSR count). The van der Waals surface area contributed by atoms with E-state index in [2.05, 4.69) is 15.6 Å². The van der Waals surface area contributed by atoms with Crippen LogP contribution in [0.4, 0.5) is 0 Å². The minimum Gasteiger partial charge on any atom is -0.479 e. The quantitative estimate of drug-likeness (QED) is 0.0350. The average molecular weight is 1340 g/mol. The number of aromatic nitrogens is 3. The summed E-state index contributed by atoms with van der Waals surface area (Å²) in [5.74, 6) is -6.01. The van der Waals surface area contributed by atoms with Gasteiger partial charge in [-0.15, -0.1) is 5.10 Å². The molecule has 0 bridgehead atoms. The summed E-state index contributed by atoms with van der Waals surface area (Å²) in [6.07, 6.45) is -5.30. The number of hydrogen-bond donors (Lipinski definition) is 5. The van der Waals surface area contributed by atoms with Crippen molar-refractivity contribution in [3.8, 4) is 0 Å². The molecule has 5 N–H and O–H groups in total. The number of methoxy groups -OCH3 is 1. The van der Waals surface area contributed by atoms with Crippen LogP contribution in [0, 0.1) is 17.3 Å². The Balaban J connectivity index is 1.09. The number of ether oxygens (including phenoxy) is 14. The number of rotatable bonds is 54. The Morgan fingerprint density at radius 3 is 1.54 bits per heavy atom. The molecule has 2 aliphatic heterocycles. The SMILES string of the molecule is COCCOCCOCCOCCOCCOCCOCCOCCOCCOCCOCCOCCn1cc(C(CC(=O)C[C@H](C(=O)N[C@@H](C)C(=O)Cc2ccc(COC(=O)C(C)(C)C)c(CC[C@@H]3O[C@H](C(=O)O)[C@@H](O)[C@H](O)[C@H]3O)c2)C(C)C)N2C(=O)C=CC2=O)nn1. The molecule has 8 atom stereocenters. The molecule has 0 spiro atoms. The van der Waals surface area contributed by atoms with Crippen LogP contribution < -0.4 is 5.32 Å². The summed E-state index contributed by atoms with van der Waals surface area (Å²) in [6.45, 7) is 20.1. The van der Waals surface area contributed by atoms with Crippen molar-refractivity contribution in [2.24, 2.45) is 17.3 Å². The van der Waals surface area contributed by atoms with Crippen molar-refractivity contribution >= 4 is 41.2 Å². The van der Waals surface area contributed by atoms with Crippen LogP contribution in [0.25, 0.3) is 0 Å². The van der Waals surface area contributed by atoms with E-state index in [1.54, 1.807) is 59.9 Å². The van der Waals surface area contributed by atoms with E-state index < -0.39 is 95.2 Å². The molecule has 1 aromatic carbocycles. The Labute approximate surface area is 549 Å². The Morgan fingerprint density at radius 2 is 1.10 bits per heavy atom. The van der Waals surface area contributed by atoms with Crippen molar-refractivity contribution in [3.63, 3.8) is 0 Å². The van der Waals surface area contributed by atoms with Crippen LogP contribution in [0.15, 0.2) is 36.5 Å². The number of nitrogens with zero attached hydrogens (tertiary/aromatic N) is 4. The molecule has 30 heteroatoms. The van der Waals surface area contributed by atoms with Crippen molar-refractivity contribution in [2.45, 2.75) is 129 Å². The standard InChI is InChI=1S/C64H101N5O25/c1-44(2)50(61(77)65-45(3)53(71)39-46-8-9-48(43-93-63(80)64(4,5)6)47(38-46)10-11-54-57(74)58(75)59(76)60(94-54)62(78)79)40-49(70)41-52(69-55(72)12-13-56(69)73)51-42-68(67-66-51)14-15-82-18-19-84-22-23-86-26-27-88-30-31-90-34-35-92-37-36-91-33-32-89-29-28-87-25-24-85-21-20-83-17-16-81-7/h8-9,12-13,38,42,44-45,50,52,54,57-60,74-76H,10-11,14-37,39-41,43H2,1-7H3,(H,65,77)(H,78,79)/t45-,50-,52?,54-,57-,58+,59-,60-/m0/s1. The second-order valence-electron chi connectivity index (χ2n) is 23.6. The maximum absolute atomic E-state index is 13.9. The zero-order valence-electron chi connectivity index (χ0n) is 55.5. The van der Waals surface area contributed by atoms with E-state index in [-0.39, 0.29) is 70.1 Å². The highest BCUT2D eigenvalue weighted by atomic mass is 16.6. The number of aliphatic hydroxyl groups excluding tert-OH is 3. The predicted molar refractivity (Wildman–Crippen MR) is 332 cm³/mol. The Bertz CT molecular complexity index is 2560. The van der Waals surface area contributed by atoms with Crippen LogP contribution >= 0.6 is 0 Å². The predicted octanol–water partition coefficient (Wildman–Crippen LogP) is 0.968. The Morgan fingerprint density at radius 1 is 0.628 bits per heavy atom. The number of carbonyl (C=O) groups excluding carboxylic acids is 6. The molecule has 3 heterocycles. The normalized spacial score (nSPS) is 18.5. The van der Waals surface area contributed by atoms with Crippen LogP contribution in [-0.4, -0.2) is 277 Å². The van der Waals surface area contributed by atoms with Gasteiger partial charge in [0.2, 0.25) is 5.91 Å². The number of hydrogen-bond acceptors (Lipinski definition) is 26. The molecular formula is C64H101N5O25.